The van der Waals surface area contributed by atoms with E-state index in [0.717, 1.165) is 12.5 Å². The molecule has 2 saturated heterocycles. The largest absolute Gasteiger partial charge is 0.356 e. The van der Waals surface area contributed by atoms with E-state index in [2.05, 4.69) is 20.1 Å². The van der Waals surface area contributed by atoms with Crippen LogP contribution in [0, 0.1) is 5.41 Å². The van der Waals surface area contributed by atoms with Crippen molar-refractivity contribution in [2.45, 2.75) is 64.2 Å². The molecule has 3 rings (SSSR count). The maximum Gasteiger partial charge on any atom is 0.193 e. The molecular formula is C19H37IN4. The second-order valence-electron chi connectivity index (χ2n) is 7.96. The van der Waals surface area contributed by atoms with Gasteiger partial charge in [0.05, 0.1) is 0 Å². The van der Waals surface area contributed by atoms with Crippen LogP contribution in [0.1, 0.15) is 64.2 Å². The topological polar surface area (TPSA) is 30.9 Å². The summed E-state index contributed by atoms with van der Waals surface area (Å²) in [4.78, 5) is 9.65. The van der Waals surface area contributed by atoms with Crippen LogP contribution in [0.5, 0.6) is 0 Å². The standard InChI is InChI=1S/C19H36N4.HI/c1-20-18(23-16-11-19(17-23)9-8-10-19)21-12-4-2-5-13-22-14-6-3-7-15-22;/h2-17H2,1H3,(H,20,21);1H. The summed E-state index contributed by atoms with van der Waals surface area (Å²) in [5, 5.41) is 3.60. The molecule has 4 nitrogen and oxygen atoms in total. The first-order valence-electron chi connectivity index (χ1n) is 9.99. The molecule has 140 valence electrons. The van der Waals surface area contributed by atoms with E-state index in [4.69, 9.17) is 0 Å². The number of nitrogens with zero attached hydrogens (tertiary/aromatic N) is 3. The highest BCUT2D eigenvalue weighted by atomic mass is 127. The lowest BCUT2D eigenvalue weighted by Gasteiger charge is -2.38. The molecule has 1 aliphatic carbocycles. The average Bonchev–Trinajstić information content (AvgIpc) is 3.01. The Labute approximate surface area is 165 Å². The summed E-state index contributed by atoms with van der Waals surface area (Å²) in [6, 6.07) is 0. The van der Waals surface area contributed by atoms with E-state index in [1.807, 2.05) is 7.05 Å². The van der Waals surface area contributed by atoms with Gasteiger partial charge >= 0.3 is 0 Å². The van der Waals surface area contributed by atoms with Crippen LogP contribution in [0.15, 0.2) is 4.99 Å². The number of rotatable bonds is 6. The van der Waals surface area contributed by atoms with Gasteiger partial charge in [0.25, 0.3) is 0 Å². The van der Waals surface area contributed by atoms with Gasteiger partial charge in [0.15, 0.2) is 5.96 Å². The van der Waals surface area contributed by atoms with Crippen LogP contribution in [0.4, 0.5) is 0 Å². The summed E-state index contributed by atoms with van der Waals surface area (Å²) in [6.07, 6.45) is 13.9. The number of hydrogen-bond donors (Lipinski definition) is 1. The van der Waals surface area contributed by atoms with Crippen molar-refractivity contribution in [2.24, 2.45) is 10.4 Å². The second-order valence-corrected chi connectivity index (χ2v) is 7.96. The first-order chi connectivity index (χ1) is 11.3. The number of piperidine rings is 1. The number of nitrogens with one attached hydrogen (secondary N) is 1. The van der Waals surface area contributed by atoms with Crippen molar-refractivity contribution >= 4 is 29.9 Å². The third-order valence-corrected chi connectivity index (χ3v) is 6.25. The van der Waals surface area contributed by atoms with Crippen molar-refractivity contribution in [1.29, 1.82) is 0 Å². The molecule has 2 heterocycles. The second kappa shape index (κ2) is 10.2. The van der Waals surface area contributed by atoms with Gasteiger partial charge in [-0.2, -0.15) is 0 Å². The van der Waals surface area contributed by atoms with Gasteiger partial charge in [-0.1, -0.05) is 19.3 Å². The zero-order valence-electron chi connectivity index (χ0n) is 15.6. The lowest BCUT2D eigenvalue weighted by atomic mass is 9.68. The van der Waals surface area contributed by atoms with E-state index in [-0.39, 0.29) is 24.0 Å². The fraction of sp³-hybridized carbons (Fsp3) is 0.947. The van der Waals surface area contributed by atoms with Gasteiger partial charge in [-0.15, -0.1) is 24.0 Å². The summed E-state index contributed by atoms with van der Waals surface area (Å²) in [5.41, 5.74) is 0.659. The van der Waals surface area contributed by atoms with Gasteiger partial charge in [0, 0.05) is 26.7 Å². The third kappa shape index (κ3) is 5.48. The fourth-order valence-corrected chi connectivity index (χ4v) is 4.55. The Hall–Kier alpha value is -0.0400. The number of aliphatic imine (C=N–C) groups is 1. The van der Waals surface area contributed by atoms with Crippen molar-refractivity contribution in [3.8, 4) is 0 Å². The minimum absolute atomic E-state index is 0. The first-order valence-corrected chi connectivity index (χ1v) is 9.99. The van der Waals surface area contributed by atoms with Crippen molar-refractivity contribution in [3.05, 3.63) is 0 Å². The van der Waals surface area contributed by atoms with E-state index in [1.165, 1.54) is 96.9 Å². The summed E-state index contributed by atoms with van der Waals surface area (Å²) in [7, 11) is 1.93. The molecule has 3 aliphatic rings. The Morgan fingerprint density at radius 2 is 1.75 bits per heavy atom. The van der Waals surface area contributed by atoms with Gasteiger partial charge in [-0.3, -0.25) is 4.99 Å². The van der Waals surface area contributed by atoms with Crippen LogP contribution in [0.25, 0.3) is 0 Å². The van der Waals surface area contributed by atoms with Gasteiger partial charge in [-0.25, -0.2) is 0 Å². The minimum atomic E-state index is 0. The molecule has 0 aromatic rings. The van der Waals surface area contributed by atoms with Crippen LogP contribution in [0.3, 0.4) is 0 Å². The van der Waals surface area contributed by atoms with E-state index >= 15 is 0 Å². The zero-order chi connectivity index (χ0) is 16.0. The van der Waals surface area contributed by atoms with Crippen LogP contribution in [-0.2, 0) is 0 Å². The van der Waals surface area contributed by atoms with Crippen LogP contribution in [0.2, 0.25) is 0 Å². The van der Waals surface area contributed by atoms with Gasteiger partial charge in [0.2, 0.25) is 0 Å². The van der Waals surface area contributed by atoms with E-state index < -0.39 is 0 Å². The van der Waals surface area contributed by atoms with Gasteiger partial charge in [0.1, 0.15) is 0 Å². The molecule has 1 saturated carbocycles. The quantitative estimate of drug-likeness (QED) is 0.291. The Bertz CT molecular complexity index is 389. The first kappa shape index (κ1) is 20.3. The maximum atomic E-state index is 4.51. The van der Waals surface area contributed by atoms with Crippen molar-refractivity contribution in [1.82, 2.24) is 15.1 Å². The zero-order valence-corrected chi connectivity index (χ0v) is 17.9. The molecule has 0 aromatic carbocycles. The highest BCUT2D eigenvalue weighted by molar-refractivity contribution is 14.0. The van der Waals surface area contributed by atoms with Crippen LogP contribution < -0.4 is 5.32 Å². The number of unbranched alkanes of at least 4 members (excludes halogenated alkanes) is 2. The number of hydrogen-bond acceptors (Lipinski definition) is 2. The smallest absolute Gasteiger partial charge is 0.193 e. The number of halogens is 1. The van der Waals surface area contributed by atoms with Gasteiger partial charge < -0.3 is 15.1 Å². The molecule has 1 N–H and O–H groups in total. The number of likely N-dealkylation sites (tertiary alicyclic amines) is 2. The molecule has 2 aliphatic heterocycles. The summed E-state index contributed by atoms with van der Waals surface area (Å²) < 4.78 is 0. The molecule has 0 bridgehead atoms. The summed E-state index contributed by atoms with van der Waals surface area (Å²) in [6.45, 7) is 7.50. The SMILES string of the molecule is CN=C(NCCCCCN1CCCCC1)N1CCC2(CCC2)C1.I. The highest BCUT2D eigenvalue weighted by Crippen LogP contribution is 2.47. The molecule has 24 heavy (non-hydrogen) atoms. The normalized spacial score (nSPS) is 23.9. The Balaban J connectivity index is 0.00000208. The Morgan fingerprint density at radius 3 is 2.38 bits per heavy atom. The highest BCUT2D eigenvalue weighted by Gasteiger charge is 2.43. The summed E-state index contributed by atoms with van der Waals surface area (Å²) >= 11 is 0. The predicted octanol–water partition coefficient (Wildman–Crippen LogP) is 3.71. The molecule has 5 heteroatoms. The molecule has 0 aromatic heterocycles. The maximum absolute atomic E-state index is 4.51. The van der Waals surface area contributed by atoms with E-state index in [0.29, 0.717) is 5.41 Å². The monoisotopic (exact) mass is 448 g/mol. The minimum Gasteiger partial charge on any atom is -0.356 e. The number of guanidine groups is 1. The summed E-state index contributed by atoms with van der Waals surface area (Å²) in [5.74, 6) is 1.14. The van der Waals surface area contributed by atoms with E-state index in [1.54, 1.807) is 0 Å². The van der Waals surface area contributed by atoms with Crippen LogP contribution in [-0.4, -0.2) is 62.1 Å². The average molecular weight is 448 g/mol. The van der Waals surface area contributed by atoms with Gasteiger partial charge in [-0.05, 0) is 70.0 Å². The molecular weight excluding hydrogens is 411 g/mol. The van der Waals surface area contributed by atoms with Crippen molar-refractivity contribution < 1.29 is 0 Å². The lowest BCUT2D eigenvalue weighted by molar-refractivity contribution is 0.151. The lowest BCUT2D eigenvalue weighted by Crippen LogP contribution is -2.42. The Morgan fingerprint density at radius 1 is 0.958 bits per heavy atom. The van der Waals surface area contributed by atoms with Crippen molar-refractivity contribution in [2.75, 3.05) is 46.3 Å². The van der Waals surface area contributed by atoms with E-state index in [9.17, 15) is 0 Å². The molecule has 0 unspecified atom stereocenters. The van der Waals surface area contributed by atoms with Crippen molar-refractivity contribution in [3.63, 3.8) is 0 Å². The molecule has 1 spiro atoms. The molecule has 0 radical (unpaired) electrons. The molecule has 0 atom stereocenters. The third-order valence-electron chi connectivity index (χ3n) is 6.25. The van der Waals surface area contributed by atoms with Crippen LogP contribution >= 0.6 is 24.0 Å². The molecule has 3 fully saturated rings. The molecule has 0 amide bonds. The Kier molecular flexibility index (Phi) is 8.61. The fourth-order valence-electron chi connectivity index (χ4n) is 4.55. The predicted molar refractivity (Wildman–Crippen MR) is 113 cm³/mol.